The minimum Gasteiger partial charge on any atom is -0.315 e. The maximum Gasteiger partial charge on any atom is 0.218 e. The molecule has 2 saturated heterocycles. The molecule has 0 aromatic heterocycles. The van der Waals surface area contributed by atoms with E-state index in [4.69, 9.17) is 0 Å². The Hall–Kier alpha value is -0.130. The standard InChI is InChI=1S/C13H24N2O2S/c16-18(17,12-7-8-14-10-12)15-9-3-6-13(15)11-4-1-2-5-11/h11-14H,1-10H2. The summed E-state index contributed by atoms with van der Waals surface area (Å²) in [6.07, 6.45) is 7.99. The maximum atomic E-state index is 12.7. The SMILES string of the molecule is O=S(=O)(C1CCNC1)N1CCCC1C1CCCC1. The van der Waals surface area contributed by atoms with Gasteiger partial charge >= 0.3 is 0 Å². The molecular weight excluding hydrogens is 248 g/mol. The van der Waals surface area contributed by atoms with Gasteiger partial charge in [-0.1, -0.05) is 12.8 Å². The van der Waals surface area contributed by atoms with Crippen LogP contribution in [0.5, 0.6) is 0 Å². The first-order chi connectivity index (χ1) is 8.69. The highest BCUT2D eigenvalue weighted by Gasteiger charge is 2.43. The molecule has 1 N–H and O–H groups in total. The minimum atomic E-state index is -3.05. The van der Waals surface area contributed by atoms with Crippen LogP contribution < -0.4 is 5.32 Å². The van der Waals surface area contributed by atoms with Crippen molar-refractivity contribution in [3.63, 3.8) is 0 Å². The van der Waals surface area contributed by atoms with Gasteiger partial charge in [-0.25, -0.2) is 8.42 Å². The van der Waals surface area contributed by atoms with Gasteiger partial charge in [0.05, 0.1) is 5.25 Å². The molecule has 1 saturated carbocycles. The Balaban J connectivity index is 1.76. The summed E-state index contributed by atoms with van der Waals surface area (Å²) >= 11 is 0. The van der Waals surface area contributed by atoms with Crippen molar-refractivity contribution in [1.29, 1.82) is 0 Å². The van der Waals surface area contributed by atoms with Crippen LogP contribution in [-0.2, 0) is 10.0 Å². The number of hydrogen-bond donors (Lipinski definition) is 1. The van der Waals surface area contributed by atoms with E-state index in [9.17, 15) is 8.42 Å². The van der Waals surface area contributed by atoms with E-state index in [1.807, 2.05) is 4.31 Å². The monoisotopic (exact) mass is 272 g/mol. The highest BCUT2D eigenvalue weighted by molar-refractivity contribution is 7.89. The lowest BCUT2D eigenvalue weighted by Crippen LogP contribution is -2.44. The van der Waals surface area contributed by atoms with Crippen LogP contribution >= 0.6 is 0 Å². The van der Waals surface area contributed by atoms with E-state index in [2.05, 4.69) is 5.32 Å². The van der Waals surface area contributed by atoms with Crippen molar-refractivity contribution in [1.82, 2.24) is 9.62 Å². The van der Waals surface area contributed by atoms with Gasteiger partial charge in [0.1, 0.15) is 0 Å². The van der Waals surface area contributed by atoms with Gasteiger partial charge in [-0.15, -0.1) is 0 Å². The fourth-order valence-corrected chi connectivity index (χ4v) is 6.13. The maximum absolute atomic E-state index is 12.7. The van der Waals surface area contributed by atoms with E-state index in [1.54, 1.807) is 0 Å². The van der Waals surface area contributed by atoms with E-state index < -0.39 is 10.0 Å². The fourth-order valence-electron chi connectivity index (χ4n) is 3.97. The normalized spacial score (nSPS) is 35.6. The van der Waals surface area contributed by atoms with Gasteiger partial charge < -0.3 is 5.32 Å². The molecule has 2 aliphatic heterocycles. The van der Waals surface area contributed by atoms with Crippen molar-refractivity contribution in [2.24, 2.45) is 5.92 Å². The summed E-state index contributed by atoms with van der Waals surface area (Å²) in [7, 11) is -3.05. The summed E-state index contributed by atoms with van der Waals surface area (Å²) in [5, 5.41) is 3.01. The van der Waals surface area contributed by atoms with Crippen LogP contribution in [0.1, 0.15) is 44.9 Å². The molecule has 2 unspecified atom stereocenters. The first-order valence-electron chi connectivity index (χ1n) is 7.41. The summed E-state index contributed by atoms with van der Waals surface area (Å²) in [5.74, 6) is 0.636. The summed E-state index contributed by atoms with van der Waals surface area (Å²) in [6, 6.07) is 0.318. The average Bonchev–Trinajstić information content (AvgIpc) is 3.11. The Morgan fingerprint density at radius 3 is 2.44 bits per heavy atom. The zero-order valence-electron chi connectivity index (χ0n) is 11.0. The Bertz CT molecular complexity index is 384. The summed E-state index contributed by atoms with van der Waals surface area (Å²) < 4.78 is 27.3. The molecule has 0 aromatic rings. The van der Waals surface area contributed by atoms with Crippen molar-refractivity contribution in [2.45, 2.75) is 56.2 Å². The molecule has 5 heteroatoms. The molecule has 104 valence electrons. The van der Waals surface area contributed by atoms with Crippen molar-refractivity contribution in [3.05, 3.63) is 0 Å². The Morgan fingerprint density at radius 2 is 1.78 bits per heavy atom. The average molecular weight is 272 g/mol. The first-order valence-corrected chi connectivity index (χ1v) is 8.91. The molecule has 3 fully saturated rings. The van der Waals surface area contributed by atoms with Crippen LogP contribution in [0.2, 0.25) is 0 Å². The molecule has 0 radical (unpaired) electrons. The van der Waals surface area contributed by atoms with Gasteiger partial charge in [0.25, 0.3) is 0 Å². The molecule has 3 rings (SSSR count). The second-order valence-corrected chi connectivity index (χ2v) is 8.19. The molecular formula is C13H24N2O2S. The first kappa shape index (κ1) is 12.9. The van der Waals surface area contributed by atoms with Gasteiger partial charge in [0.2, 0.25) is 10.0 Å². The van der Waals surface area contributed by atoms with Crippen molar-refractivity contribution in [3.8, 4) is 0 Å². The lowest BCUT2D eigenvalue weighted by atomic mass is 9.97. The second kappa shape index (κ2) is 5.10. The topological polar surface area (TPSA) is 49.4 Å². The minimum absolute atomic E-state index is 0.167. The van der Waals surface area contributed by atoms with Crippen LogP contribution in [0.4, 0.5) is 0 Å². The van der Waals surface area contributed by atoms with E-state index >= 15 is 0 Å². The third-order valence-corrected chi connectivity index (χ3v) is 7.31. The van der Waals surface area contributed by atoms with Crippen LogP contribution in [0.25, 0.3) is 0 Å². The zero-order valence-corrected chi connectivity index (χ0v) is 11.8. The number of nitrogens with zero attached hydrogens (tertiary/aromatic N) is 1. The number of sulfonamides is 1. The van der Waals surface area contributed by atoms with E-state index in [0.29, 0.717) is 18.5 Å². The molecule has 2 atom stereocenters. The Kier molecular flexibility index (Phi) is 3.65. The van der Waals surface area contributed by atoms with Gasteiger partial charge in [-0.2, -0.15) is 4.31 Å². The van der Waals surface area contributed by atoms with Gasteiger partial charge in [0, 0.05) is 19.1 Å². The molecule has 0 bridgehead atoms. The van der Waals surface area contributed by atoms with Crippen LogP contribution in [-0.4, -0.2) is 43.6 Å². The van der Waals surface area contributed by atoms with Crippen LogP contribution in [0, 0.1) is 5.92 Å². The van der Waals surface area contributed by atoms with Crippen molar-refractivity contribution in [2.75, 3.05) is 19.6 Å². The predicted molar refractivity (Wildman–Crippen MR) is 71.9 cm³/mol. The highest BCUT2D eigenvalue weighted by Crippen LogP contribution is 2.37. The van der Waals surface area contributed by atoms with Crippen molar-refractivity contribution < 1.29 is 8.42 Å². The summed E-state index contributed by atoms with van der Waals surface area (Å²) in [6.45, 7) is 2.27. The Morgan fingerprint density at radius 1 is 1.00 bits per heavy atom. The number of rotatable bonds is 3. The third kappa shape index (κ3) is 2.21. The number of nitrogens with one attached hydrogen (secondary N) is 1. The van der Waals surface area contributed by atoms with E-state index in [1.165, 1.54) is 25.7 Å². The molecule has 1 aliphatic carbocycles. The molecule has 3 aliphatic rings. The zero-order chi connectivity index (χ0) is 12.6. The van der Waals surface area contributed by atoms with Gasteiger partial charge in [-0.05, 0) is 44.6 Å². The lowest BCUT2D eigenvalue weighted by Gasteiger charge is -2.30. The molecule has 0 aromatic carbocycles. The molecule has 0 spiro atoms. The molecule has 4 nitrogen and oxygen atoms in total. The fraction of sp³-hybridized carbons (Fsp3) is 1.00. The molecule has 0 amide bonds. The quantitative estimate of drug-likeness (QED) is 0.843. The van der Waals surface area contributed by atoms with E-state index in [0.717, 1.165) is 32.4 Å². The van der Waals surface area contributed by atoms with Crippen LogP contribution in [0.3, 0.4) is 0 Å². The summed E-state index contributed by atoms with van der Waals surface area (Å²) in [4.78, 5) is 0. The van der Waals surface area contributed by atoms with Gasteiger partial charge in [-0.3, -0.25) is 0 Å². The van der Waals surface area contributed by atoms with Crippen LogP contribution in [0.15, 0.2) is 0 Å². The largest absolute Gasteiger partial charge is 0.315 e. The van der Waals surface area contributed by atoms with Crippen molar-refractivity contribution >= 4 is 10.0 Å². The lowest BCUT2D eigenvalue weighted by molar-refractivity contribution is 0.286. The predicted octanol–water partition coefficient (Wildman–Crippen LogP) is 1.33. The Labute approximate surface area is 110 Å². The summed E-state index contributed by atoms with van der Waals surface area (Å²) in [5.41, 5.74) is 0. The number of hydrogen-bond acceptors (Lipinski definition) is 3. The second-order valence-electron chi connectivity index (χ2n) is 6.02. The smallest absolute Gasteiger partial charge is 0.218 e. The highest BCUT2D eigenvalue weighted by atomic mass is 32.2. The molecule has 18 heavy (non-hydrogen) atoms. The molecule has 2 heterocycles. The van der Waals surface area contributed by atoms with E-state index in [-0.39, 0.29) is 5.25 Å². The third-order valence-electron chi connectivity index (χ3n) is 4.96. The van der Waals surface area contributed by atoms with Gasteiger partial charge in [0.15, 0.2) is 0 Å².